The molecule has 1 aliphatic heterocycles. The van der Waals surface area contributed by atoms with Crippen LogP contribution in [0.2, 0.25) is 0 Å². The van der Waals surface area contributed by atoms with Crippen molar-refractivity contribution in [2.75, 3.05) is 18.5 Å². The van der Waals surface area contributed by atoms with Crippen LogP contribution in [0.25, 0.3) is 0 Å². The first-order valence-corrected chi connectivity index (χ1v) is 7.86. The maximum absolute atomic E-state index is 12.9. The first kappa shape index (κ1) is 14.2. The van der Waals surface area contributed by atoms with Crippen molar-refractivity contribution in [3.8, 4) is 0 Å². The van der Waals surface area contributed by atoms with Crippen molar-refractivity contribution in [1.29, 1.82) is 0 Å². The van der Waals surface area contributed by atoms with Gasteiger partial charge >= 0.3 is 0 Å². The summed E-state index contributed by atoms with van der Waals surface area (Å²) in [7, 11) is 0. The zero-order chi connectivity index (χ0) is 14.7. The number of amides is 1. The molecule has 0 atom stereocenters. The number of rotatable bonds is 3. The van der Waals surface area contributed by atoms with Crippen molar-refractivity contribution < 1.29 is 9.53 Å². The minimum atomic E-state index is -0.503. The average Bonchev–Trinajstić information content (AvgIpc) is 2.94. The quantitative estimate of drug-likeness (QED) is 0.947. The fourth-order valence-electron chi connectivity index (χ4n) is 2.78. The molecule has 2 heterocycles. The maximum Gasteiger partial charge on any atom is 0.235 e. The van der Waals surface area contributed by atoms with Crippen LogP contribution in [-0.4, -0.2) is 23.5 Å². The molecule has 0 saturated carbocycles. The van der Waals surface area contributed by atoms with Gasteiger partial charge in [0.05, 0.1) is 11.1 Å². The van der Waals surface area contributed by atoms with Gasteiger partial charge in [-0.3, -0.25) is 4.79 Å². The van der Waals surface area contributed by atoms with Crippen LogP contribution >= 0.6 is 11.5 Å². The van der Waals surface area contributed by atoms with Gasteiger partial charge in [0.15, 0.2) is 0 Å². The van der Waals surface area contributed by atoms with Gasteiger partial charge in [0.2, 0.25) is 5.91 Å². The summed E-state index contributed by atoms with van der Waals surface area (Å²) in [5.41, 5.74) is 1.49. The van der Waals surface area contributed by atoms with Gasteiger partial charge < -0.3 is 10.1 Å². The van der Waals surface area contributed by atoms with Crippen molar-refractivity contribution in [1.82, 2.24) is 4.37 Å². The fraction of sp³-hybridized carbons (Fsp3) is 0.375. The molecule has 0 bridgehead atoms. The third kappa shape index (κ3) is 2.84. The molecule has 4 nitrogen and oxygen atoms in total. The van der Waals surface area contributed by atoms with Crippen LogP contribution in [0.3, 0.4) is 0 Å². The van der Waals surface area contributed by atoms with Crippen LogP contribution in [0.4, 0.5) is 5.00 Å². The molecule has 1 fully saturated rings. The molecule has 21 heavy (non-hydrogen) atoms. The number of benzene rings is 1. The molecule has 1 aromatic carbocycles. The average molecular weight is 302 g/mol. The largest absolute Gasteiger partial charge is 0.381 e. The van der Waals surface area contributed by atoms with Crippen molar-refractivity contribution in [2.45, 2.75) is 25.2 Å². The molecule has 1 aromatic heterocycles. The lowest BCUT2D eigenvalue weighted by atomic mass is 9.73. The molecule has 0 unspecified atom stereocenters. The normalized spacial score (nSPS) is 17.4. The number of hydrogen-bond donors (Lipinski definition) is 1. The van der Waals surface area contributed by atoms with E-state index in [4.69, 9.17) is 4.74 Å². The second kappa shape index (κ2) is 5.95. The zero-order valence-corrected chi connectivity index (χ0v) is 12.8. The summed E-state index contributed by atoms with van der Waals surface area (Å²) >= 11 is 1.32. The number of nitrogens with one attached hydrogen (secondary N) is 1. The van der Waals surface area contributed by atoms with E-state index in [0.717, 1.165) is 16.3 Å². The Morgan fingerprint density at radius 3 is 2.62 bits per heavy atom. The highest BCUT2D eigenvalue weighted by Crippen LogP contribution is 2.36. The van der Waals surface area contributed by atoms with Gasteiger partial charge in [-0.1, -0.05) is 30.3 Å². The Kier molecular flexibility index (Phi) is 4.03. The smallest absolute Gasteiger partial charge is 0.235 e. The molecule has 0 spiro atoms. The third-order valence-corrected chi connectivity index (χ3v) is 4.77. The molecule has 1 aliphatic rings. The molecule has 1 N–H and O–H groups in total. The molecular weight excluding hydrogens is 284 g/mol. The number of nitrogens with zero attached hydrogens (tertiary/aromatic N) is 1. The van der Waals surface area contributed by atoms with Gasteiger partial charge in [-0.2, -0.15) is 4.37 Å². The molecular formula is C16H18N2O2S. The van der Waals surface area contributed by atoms with E-state index >= 15 is 0 Å². The topological polar surface area (TPSA) is 51.2 Å². The number of anilines is 1. The van der Waals surface area contributed by atoms with Crippen molar-refractivity contribution in [3.63, 3.8) is 0 Å². The minimum Gasteiger partial charge on any atom is -0.381 e. The number of hydrogen-bond acceptors (Lipinski definition) is 4. The van der Waals surface area contributed by atoms with E-state index < -0.39 is 5.41 Å². The lowest BCUT2D eigenvalue weighted by molar-refractivity contribution is -0.125. The molecule has 0 aliphatic carbocycles. The summed E-state index contributed by atoms with van der Waals surface area (Å²) in [6.07, 6.45) is 1.42. The predicted molar refractivity (Wildman–Crippen MR) is 83.7 cm³/mol. The lowest BCUT2D eigenvalue weighted by Crippen LogP contribution is -2.44. The van der Waals surface area contributed by atoms with Crippen LogP contribution in [0.15, 0.2) is 36.4 Å². The van der Waals surface area contributed by atoms with Crippen molar-refractivity contribution >= 4 is 22.4 Å². The van der Waals surface area contributed by atoms with E-state index in [1.807, 2.05) is 43.3 Å². The van der Waals surface area contributed by atoms with E-state index in [9.17, 15) is 4.79 Å². The second-order valence-electron chi connectivity index (χ2n) is 5.35. The van der Waals surface area contributed by atoms with Gasteiger partial charge in [-0.25, -0.2) is 0 Å². The van der Waals surface area contributed by atoms with Crippen LogP contribution in [0.1, 0.15) is 24.1 Å². The molecule has 5 heteroatoms. The first-order valence-electron chi connectivity index (χ1n) is 7.09. The van der Waals surface area contributed by atoms with Gasteiger partial charge in [-0.15, -0.1) is 0 Å². The Morgan fingerprint density at radius 1 is 1.29 bits per heavy atom. The minimum absolute atomic E-state index is 0.0423. The van der Waals surface area contributed by atoms with E-state index in [1.54, 1.807) is 0 Å². The van der Waals surface area contributed by atoms with Gasteiger partial charge in [0.25, 0.3) is 0 Å². The second-order valence-corrected chi connectivity index (χ2v) is 6.15. The van der Waals surface area contributed by atoms with Crippen LogP contribution in [-0.2, 0) is 14.9 Å². The summed E-state index contributed by atoms with van der Waals surface area (Å²) in [5, 5.41) is 3.84. The predicted octanol–water partition coefficient (Wildman–Crippen LogP) is 3.14. The number of ether oxygens (including phenoxy) is 1. The highest BCUT2D eigenvalue weighted by atomic mass is 32.1. The van der Waals surface area contributed by atoms with Crippen molar-refractivity contribution in [2.24, 2.45) is 0 Å². The highest BCUT2D eigenvalue weighted by molar-refractivity contribution is 7.10. The molecule has 2 aromatic rings. The summed E-state index contributed by atoms with van der Waals surface area (Å²) in [6.45, 7) is 3.15. The number of carbonyl (C=O) groups excluding carboxylic acids is 1. The molecule has 3 rings (SSSR count). The van der Waals surface area contributed by atoms with Gasteiger partial charge in [0, 0.05) is 13.2 Å². The zero-order valence-electron chi connectivity index (χ0n) is 12.0. The molecule has 1 amide bonds. The van der Waals surface area contributed by atoms with E-state index in [2.05, 4.69) is 9.69 Å². The molecule has 1 saturated heterocycles. The maximum atomic E-state index is 12.9. The Morgan fingerprint density at radius 2 is 2.00 bits per heavy atom. The molecule has 110 valence electrons. The van der Waals surface area contributed by atoms with E-state index in [0.29, 0.717) is 26.1 Å². The summed E-state index contributed by atoms with van der Waals surface area (Å²) in [6, 6.07) is 11.9. The highest BCUT2D eigenvalue weighted by Gasteiger charge is 2.41. The van der Waals surface area contributed by atoms with Crippen LogP contribution in [0.5, 0.6) is 0 Å². The first-order chi connectivity index (χ1) is 10.2. The van der Waals surface area contributed by atoms with E-state index in [1.165, 1.54) is 11.5 Å². The Bertz CT molecular complexity index is 618. The monoisotopic (exact) mass is 302 g/mol. The molecule has 0 radical (unpaired) electrons. The van der Waals surface area contributed by atoms with Gasteiger partial charge in [0.1, 0.15) is 5.00 Å². The van der Waals surface area contributed by atoms with Crippen LogP contribution in [0, 0.1) is 6.92 Å². The summed E-state index contributed by atoms with van der Waals surface area (Å²) < 4.78 is 9.67. The standard InChI is InChI=1S/C16H18N2O2S/c1-12-11-14(21-18-12)17-15(19)16(7-9-20-10-8-16)13-5-3-2-4-6-13/h2-6,11H,7-10H2,1H3,(H,17,19). The van der Waals surface area contributed by atoms with E-state index in [-0.39, 0.29) is 5.91 Å². The number of aryl methyl sites for hydroxylation is 1. The number of carbonyl (C=O) groups is 1. The lowest BCUT2D eigenvalue weighted by Gasteiger charge is -2.36. The Hall–Kier alpha value is -1.72. The SMILES string of the molecule is Cc1cc(NC(=O)C2(c3ccccc3)CCOCC2)sn1. The summed E-state index contributed by atoms with van der Waals surface area (Å²) in [4.78, 5) is 12.9. The third-order valence-electron chi connectivity index (χ3n) is 3.97. The van der Waals surface area contributed by atoms with Gasteiger partial charge in [-0.05, 0) is 42.9 Å². The Balaban J connectivity index is 1.90. The van der Waals surface area contributed by atoms with Crippen LogP contribution < -0.4 is 5.32 Å². The fourth-order valence-corrected chi connectivity index (χ4v) is 3.43. The summed E-state index contributed by atoms with van der Waals surface area (Å²) in [5.74, 6) is 0.0423. The Labute approximate surface area is 128 Å². The number of aromatic nitrogens is 1. The van der Waals surface area contributed by atoms with Crippen molar-refractivity contribution in [3.05, 3.63) is 47.7 Å².